The number of sulfone groups is 1. The minimum Gasteiger partial charge on any atom is -0.245 e. The summed E-state index contributed by atoms with van der Waals surface area (Å²) in [4.78, 5) is 3.98. The van der Waals surface area contributed by atoms with Crippen LogP contribution < -0.4 is 0 Å². The van der Waals surface area contributed by atoms with Crippen molar-refractivity contribution in [2.45, 2.75) is 23.8 Å². The molecule has 1 aromatic heterocycles. The van der Waals surface area contributed by atoms with Crippen molar-refractivity contribution < 1.29 is 8.42 Å². The molecule has 0 aliphatic heterocycles. The van der Waals surface area contributed by atoms with Crippen LogP contribution in [0.25, 0.3) is 0 Å². The van der Waals surface area contributed by atoms with Gasteiger partial charge < -0.3 is 0 Å². The summed E-state index contributed by atoms with van der Waals surface area (Å²) in [7, 11) is -3.36. The largest absolute Gasteiger partial charge is 0.245 e. The van der Waals surface area contributed by atoms with Crippen molar-refractivity contribution in [1.82, 2.24) is 4.98 Å². The monoisotopic (exact) mass is 299 g/mol. The maximum absolute atomic E-state index is 12.5. The molecule has 108 valence electrons. The van der Waals surface area contributed by atoms with Crippen LogP contribution in [0.15, 0.2) is 71.4 Å². The summed E-state index contributed by atoms with van der Waals surface area (Å²) in [6.45, 7) is 0. The Morgan fingerprint density at radius 3 is 2.52 bits per heavy atom. The molecule has 0 spiro atoms. The first-order valence-electron chi connectivity index (χ1n) is 7.04. The van der Waals surface area contributed by atoms with Crippen LogP contribution in [-0.4, -0.2) is 19.2 Å². The van der Waals surface area contributed by atoms with Gasteiger partial charge in [0.25, 0.3) is 0 Å². The zero-order valence-electron chi connectivity index (χ0n) is 11.6. The zero-order valence-corrected chi connectivity index (χ0v) is 12.5. The Balaban J connectivity index is 1.85. The molecule has 1 aliphatic carbocycles. The van der Waals surface area contributed by atoms with E-state index in [-0.39, 0.29) is 16.7 Å². The Labute approximate surface area is 125 Å². The van der Waals surface area contributed by atoms with E-state index in [2.05, 4.69) is 23.2 Å². The fourth-order valence-corrected chi connectivity index (χ4v) is 4.23. The second kappa shape index (κ2) is 5.82. The third-order valence-electron chi connectivity index (χ3n) is 3.82. The molecule has 1 unspecified atom stereocenters. The molecule has 0 saturated carbocycles. The predicted molar refractivity (Wildman–Crippen MR) is 82.8 cm³/mol. The highest BCUT2D eigenvalue weighted by Gasteiger charge is 2.26. The molecule has 1 atom stereocenters. The quantitative estimate of drug-likeness (QED) is 0.813. The Morgan fingerprint density at radius 2 is 1.81 bits per heavy atom. The van der Waals surface area contributed by atoms with E-state index in [9.17, 15) is 8.42 Å². The SMILES string of the molecule is O=S(=O)(CC1=CCCC1c1ccccc1)c1ccccn1. The van der Waals surface area contributed by atoms with Gasteiger partial charge in [-0.05, 0) is 30.5 Å². The summed E-state index contributed by atoms with van der Waals surface area (Å²) in [5, 5.41) is 0.157. The molecule has 0 radical (unpaired) electrons. The van der Waals surface area contributed by atoms with E-state index in [1.54, 1.807) is 18.2 Å². The third kappa shape index (κ3) is 3.05. The molecule has 3 rings (SSSR count). The van der Waals surface area contributed by atoms with Gasteiger partial charge in [-0.3, -0.25) is 0 Å². The predicted octanol–water partition coefficient (Wildman–Crippen LogP) is 3.36. The van der Waals surface area contributed by atoms with Gasteiger partial charge in [-0.15, -0.1) is 0 Å². The van der Waals surface area contributed by atoms with E-state index in [0.29, 0.717) is 0 Å². The summed E-state index contributed by atoms with van der Waals surface area (Å²) >= 11 is 0. The van der Waals surface area contributed by atoms with Gasteiger partial charge in [0.1, 0.15) is 0 Å². The van der Waals surface area contributed by atoms with Crippen LogP contribution >= 0.6 is 0 Å². The number of aromatic nitrogens is 1. The molecular formula is C17H17NO2S. The average Bonchev–Trinajstić information content (AvgIpc) is 2.96. The standard InChI is InChI=1S/C17H17NO2S/c19-21(20,17-11-4-5-12-18-17)13-15-9-6-10-16(15)14-7-2-1-3-8-14/h1-5,7-9,11-12,16H,6,10,13H2. The van der Waals surface area contributed by atoms with Crippen LogP contribution in [-0.2, 0) is 9.84 Å². The Bertz CT molecular complexity index is 737. The van der Waals surface area contributed by atoms with Gasteiger partial charge in [0.15, 0.2) is 14.9 Å². The van der Waals surface area contributed by atoms with Gasteiger partial charge in [0, 0.05) is 12.1 Å². The van der Waals surface area contributed by atoms with Gasteiger partial charge in [0.05, 0.1) is 5.75 Å². The van der Waals surface area contributed by atoms with Crippen molar-refractivity contribution in [2.24, 2.45) is 0 Å². The zero-order chi connectivity index (χ0) is 14.7. The lowest BCUT2D eigenvalue weighted by Crippen LogP contribution is -2.13. The minimum absolute atomic E-state index is 0.0591. The Kier molecular flexibility index (Phi) is 3.88. The van der Waals surface area contributed by atoms with Crippen LogP contribution in [0.1, 0.15) is 24.3 Å². The normalized spacial score (nSPS) is 18.5. The first kappa shape index (κ1) is 14.0. The summed E-state index contributed by atoms with van der Waals surface area (Å²) in [6.07, 6.45) is 5.51. The molecule has 0 fully saturated rings. The van der Waals surface area contributed by atoms with Gasteiger partial charge in [-0.25, -0.2) is 13.4 Å². The van der Waals surface area contributed by atoms with E-state index >= 15 is 0 Å². The molecule has 1 aromatic carbocycles. The minimum atomic E-state index is -3.36. The maximum atomic E-state index is 12.5. The van der Waals surface area contributed by atoms with Crippen molar-refractivity contribution in [2.75, 3.05) is 5.75 Å². The van der Waals surface area contributed by atoms with Crippen molar-refractivity contribution in [3.05, 3.63) is 71.9 Å². The molecular weight excluding hydrogens is 282 g/mol. The van der Waals surface area contributed by atoms with Crippen molar-refractivity contribution in [1.29, 1.82) is 0 Å². The first-order valence-corrected chi connectivity index (χ1v) is 8.70. The lowest BCUT2D eigenvalue weighted by atomic mass is 9.94. The van der Waals surface area contributed by atoms with E-state index in [1.165, 1.54) is 11.8 Å². The topological polar surface area (TPSA) is 47.0 Å². The van der Waals surface area contributed by atoms with Gasteiger partial charge >= 0.3 is 0 Å². The van der Waals surface area contributed by atoms with E-state index in [0.717, 1.165) is 18.4 Å². The van der Waals surface area contributed by atoms with Gasteiger partial charge in [0.2, 0.25) is 0 Å². The van der Waals surface area contributed by atoms with E-state index < -0.39 is 9.84 Å². The number of allylic oxidation sites excluding steroid dienone is 1. The summed E-state index contributed by atoms with van der Waals surface area (Å²) in [5.41, 5.74) is 2.18. The highest BCUT2D eigenvalue weighted by molar-refractivity contribution is 7.91. The number of rotatable bonds is 4. The van der Waals surface area contributed by atoms with Crippen LogP contribution in [0.2, 0.25) is 0 Å². The molecule has 4 heteroatoms. The maximum Gasteiger partial charge on any atom is 0.199 e. The van der Waals surface area contributed by atoms with Crippen molar-refractivity contribution in [3.63, 3.8) is 0 Å². The molecule has 3 nitrogen and oxygen atoms in total. The summed E-state index contributed by atoms with van der Waals surface area (Å²) in [6, 6.07) is 15.1. The molecule has 1 aliphatic rings. The summed E-state index contributed by atoms with van der Waals surface area (Å²) < 4.78 is 24.9. The number of nitrogens with zero attached hydrogens (tertiary/aromatic N) is 1. The van der Waals surface area contributed by atoms with Crippen LogP contribution in [0.5, 0.6) is 0 Å². The van der Waals surface area contributed by atoms with Crippen molar-refractivity contribution >= 4 is 9.84 Å². The molecule has 0 saturated heterocycles. The average molecular weight is 299 g/mol. The van der Waals surface area contributed by atoms with Crippen LogP contribution in [0.3, 0.4) is 0 Å². The van der Waals surface area contributed by atoms with Gasteiger partial charge in [-0.2, -0.15) is 0 Å². The molecule has 0 bridgehead atoms. The Morgan fingerprint density at radius 1 is 1.05 bits per heavy atom. The lowest BCUT2D eigenvalue weighted by molar-refractivity contribution is 0.593. The number of hydrogen-bond donors (Lipinski definition) is 0. The molecule has 1 heterocycles. The highest BCUT2D eigenvalue weighted by atomic mass is 32.2. The van der Waals surface area contributed by atoms with Crippen LogP contribution in [0, 0.1) is 0 Å². The van der Waals surface area contributed by atoms with Crippen LogP contribution in [0.4, 0.5) is 0 Å². The smallest absolute Gasteiger partial charge is 0.199 e. The molecule has 0 amide bonds. The molecule has 21 heavy (non-hydrogen) atoms. The Hall–Kier alpha value is -1.94. The van der Waals surface area contributed by atoms with Gasteiger partial charge in [-0.1, -0.05) is 48.0 Å². The fraction of sp³-hybridized carbons (Fsp3) is 0.235. The highest BCUT2D eigenvalue weighted by Crippen LogP contribution is 2.36. The summed E-state index contributed by atoms with van der Waals surface area (Å²) in [5.74, 6) is 0.272. The second-order valence-electron chi connectivity index (χ2n) is 5.25. The van der Waals surface area contributed by atoms with Crippen molar-refractivity contribution in [3.8, 4) is 0 Å². The number of benzene rings is 1. The molecule has 2 aromatic rings. The van der Waals surface area contributed by atoms with E-state index in [1.807, 2.05) is 18.2 Å². The second-order valence-corrected chi connectivity index (χ2v) is 7.18. The van der Waals surface area contributed by atoms with E-state index in [4.69, 9.17) is 0 Å². The lowest BCUT2D eigenvalue weighted by Gasteiger charge is -2.15. The first-order chi connectivity index (χ1) is 10.2. The molecule has 0 N–H and O–H groups in total. The third-order valence-corrected chi connectivity index (χ3v) is 5.42. The number of pyridine rings is 1. The number of hydrogen-bond acceptors (Lipinski definition) is 3. The fourth-order valence-electron chi connectivity index (χ4n) is 2.81.